The van der Waals surface area contributed by atoms with Crippen LogP contribution in [0.1, 0.15) is 31.2 Å². The molecule has 0 spiro atoms. The maximum atomic E-state index is 12.5. The maximum absolute atomic E-state index is 12.5. The highest BCUT2D eigenvalue weighted by Crippen LogP contribution is 2.22. The van der Waals surface area contributed by atoms with Crippen molar-refractivity contribution < 1.29 is 9.21 Å². The maximum Gasteiger partial charge on any atom is 0.233 e. The zero-order valence-corrected chi connectivity index (χ0v) is 14.8. The Morgan fingerprint density at radius 1 is 1.24 bits per heavy atom. The quantitative estimate of drug-likeness (QED) is 0.654. The van der Waals surface area contributed by atoms with Crippen LogP contribution < -0.4 is 5.32 Å². The predicted molar refractivity (Wildman–Crippen MR) is 93.9 cm³/mol. The predicted octanol–water partition coefficient (Wildman–Crippen LogP) is 2.67. The lowest BCUT2D eigenvalue weighted by Gasteiger charge is -2.17. The van der Waals surface area contributed by atoms with Crippen molar-refractivity contribution in [1.29, 1.82) is 0 Å². The fourth-order valence-corrected chi connectivity index (χ4v) is 3.10. The zero-order valence-electron chi connectivity index (χ0n) is 14.0. The number of rotatable bonds is 7. The Balaban J connectivity index is 1.59. The summed E-state index contributed by atoms with van der Waals surface area (Å²) in [5.41, 5.74) is 1.07. The highest BCUT2D eigenvalue weighted by molar-refractivity contribution is 8.00. The van der Waals surface area contributed by atoms with Crippen LogP contribution in [0.15, 0.2) is 58.3 Å². The smallest absolute Gasteiger partial charge is 0.233 e. The molecular weight excluding hydrogens is 338 g/mol. The van der Waals surface area contributed by atoms with Gasteiger partial charge in [-0.3, -0.25) is 4.79 Å². The summed E-state index contributed by atoms with van der Waals surface area (Å²) in [6.45, 7) is 4.23. The SMILES string of the molecule is C[C@H](Sc1nnnn1Cc1ccco1)C(=O)N[C@@H](C)c1ccccc1. The van der Waals surface area contributed by atoms with Crippen LogP contribution in [-0.4, -0.2) is 31.4 Å². The molecular formula is C17H19N5O2S. The molecule has 0 aliphatic rings. The lowest BCUT2D eigenvalue weighted by Crippen LogP contribution is -2.33. The Kier molecular flexibility index (Phi) is 5.49. The van der Waals surface area contributed by atoms with E-state index in [4.69, 9.17) is 4.42 Å². The molecule has 0 unspecified atom stereocenters. The molecule has 1 amide bonds. The van der Waals surface area contributed by atoms with Crippen molar-refractivity contribution in [3.05, 3.63) is 60.1 Å². The molecule has 0 fully saturated rings. The molecule has 1 N–H and O–H groups in total. The van der Waals surface area contributed by atoms with Gasteiger partial charge in [0.15, 0.2) is 0 Å². The van der Waals surface area contributed by atoms with Gasteiger partial charge in [-0.1, -0.05) is 42.1 Å². The van der Waals surface area contributed by atoms with Gasteiger partial charge in [0.1, 0.15) is 12.3 Å². The molecule has 0 aliphatic carbocycles. The van der Waals surface area contributed by atoms with Crippen molar-refractivity contribution in [3.63, 3.8) is 0 Å². The van der Waals surface area contributed by atoms with E-state index in [2.05, 4.69) is 20.8 Å². The fraction of sp³-hybridized carbons (Fsp3) is 0.294. The molecule has 8 heteroatoms. The Bertz CT molecular complexity index is 804. The number of furan rings is 1. The van der Waals surface area contributed by atoms with Crippen molar-refractivity contribution in [2.45, 2.75) is 36.8 Å². The minimum absolute atomic E-state index is 0.0594. The molecule has 25 heavy (non-hydrogen) atoms. The van der Waals surface area contributed by atoms with Crippen LogP contribution >= 0.6 is 11.8 Å². The first-order valence-corrected chi connectivity index (χ1v) is 8.82. The van der Waals surface area contributed by atoms with Gasteiger partial charge in [0, 0.05) is 0 Å². The monoisotopic (exact) mass is 357 g/mol. The van der Waals surface area contributed by atoms with Gasteiger partial charge in [-0.25, -0.2) is 4.68 Å². The first-order valence-electron chi connectivity index (χ1n) is 7.94. The molecule has 2 atom stereocenters. The topological polar surface area (TPSA) is 85.8 Å². The highest BCUT2D eigenvalue weighted by atomic mass is 32.2. The summed E-state index contributed by atoms with van der Waals surface area (Å²) in [6.07, 6.45) is 1.60. The van der Waals surface area contributed by atoms with Crippen molar-refractivity contribution in [1.82, 2.24) is 25.5 Å². The van der Waals surface area contributed by atoms with Crippen LogP contribution in [0.2, 0.25) is 0 Å². The number of thioether (sulfide) groups is 1. The number of hydrogen-bond acceptors (Lipinski definition) is 6. The number of benzene rings is 1. The Morgan fingerprint density at radius 3 is 2.76 bits per heavy atom. The molecule has 0 saturated heterocycles. The summed E-state index contributed by atoms with van der Waals surface area (Å²) in [4.78, 5) is 12.5. The summed E-state index contributed by atoms with van der Waals surface area (Å²) in [5, 5.41) is 14.9. The number of tetrazole rings is 1. The third-order valence-corrected chi connectivity index (χ3v) is 4.77. The lowest BCUT2D eigenvalue weighted by molar-refractivity contribution is -0.120. The van der Waals surface area contributed by atoms with Gasteiger partial charge in [0.25, 0.3) is 0 Å². The van der Waals surface area contributed by atoms with E-state index in [1.54, 1.807) is 10.9 Å². The molecule has 0 aliphatic heterocycles. The number of carbonyl (C=O) groups is 1. The Labute approximate surface area is 149 Å². The third-order valence-electron chi connectivity index (χ3n) is 3.69. The molecule has 0 bridgehead atoms. The fourth-order valence-electron chi connectivity index (χ4n) is 2.30. The molecule has 2 aromatic heterocycles. The average Bonchev–Trinajstić information content (AvgIpc) is 3.28. The summed E-state index contributed by atoms with van der Waals surface area (Å²) in [6, 6.07) is 13.5. The second kappa shape index (κ2) is 7.98. The van der Waals surface area contributed by atoms with Crippen LogP contribution in [0, 0.1) is 0 Å². The van der Waals surface area contributed by atoms with Gasteiger partial charge in [0.05, 0.1) is 17.6 Å². The van der Waals surface area contributed by atoms with E-state index in [0.29, 0.717) is 11.7 Å². The van der Waals surface area contributed by atoms with Crippen molar-refractivity contribution >= 4 is 17.7 Å². The first kappa shape index (κ1) is 17.2. The minimum Gasteiger partial charge on any atom is -0.467 e. The number of carbonyl (C=O) groups excluding carboxylic acids is 1. The zero-order chi connectivity index (χ0) is 17.6. The van der Waals surface area contributed by atoms with E-state index >= 15 is 0 Å². The van der Waals surface area contributed by atoms with E-state index in [1.807, 2.05) is 56.3 Å². The van der Waals surface area contributed by atoms with Crippen LogP contribution in [0.3, 0.4) is 0 Å². The highest BCUT2D eigenvalue weighted by Gasteiger charge is 2.20. The number of amides is 1. The summed E-state index contributed by atoms with van der Waals surface area (Å²) in [5.74, 6) is 0.692. The number of aromatic nitrogens is 4. The van der Waals surface area contributed by atoms with Crippen LogP contribution in [0.4, 0.5) is 0 Å². The van der Waals surface area contributed by atoms with Crippen LogP contribution in [0.25, 0.3) is 0 Å². The van der Waals surface area contributed by atoms with Gasteiger partial charge in [-0.15, -0.1) is 5.10 Å². The molecule has 0 radical (unpaired) electrons. The summed E-state index contributed by atoms with van der Waals surface area (Å²) < 4.78 is 6.93. The van der Waals surface area contributed by atoms with Crippen LogP contribution in [-0.2, 0) is 11.3 Å². The molecule has 0 saturated carbocycles. The first-order chi connectivity index (χ1) is 12.1. The van der Waals surface area contributed by atoms with E-state index in [9.17, 15) is 4.79 Å². The average molecular weight is 357 g/mol. The number of hydrogen-bond donors (Lipinski definition) is 1. The van der Waals surface area contributed by atoms with E-state index in [-0.39, 0.29) is 17.2 Å². The summed E-state index contributed by atoms with van der Waals surface area (Å²) >= 11 is 1.32. The molecule has 3 aromatic rings. The second-order valence-electron chi connectivity index (χ2n) is 5.60. The van der Waals surface area contributed by atoms with E-state index < -0.39 is 0 Å². The van der Waals surface area contributed by atoms with Gasteiger partial charge in [-0.2, -0.15) is 0 Å². The molecule has 7 nitrogen and oxygen atoms in total. The van der Waals surface area contributed by atoms with Gasteiger partial charge < -0.3 is 9.73 Å². The van der Waals surface area contributed by atoms with Gasteiger partial charge in [-0.05, 0) is 42.0 Å². The minimum atomic E-state index is -0.326. The largest absolute Gasteiger partial charge is 0.467 e. The molecule has 3 rings (SSSR count). The Morgan fingerprint density at radius 2 is 2.04 bits per heavy atom. The standard InChI is InChI=1S/C17H19N5O2S/c1-12(14-7-4-3-5-8-14)18-16(23)13(2)25-17-19-20-21-22(17)11-15-9-6-10-24-15/h3-10,12-13H,11H2,1-2H3,(H,18,23)/t12-,13-/m0/s1. The van der Waals surface area contributed by atoms with Crippen molar-refractivity contribution in [2.24, 2.45) is 0 Å². The van der Waals surface area contributed by atoms with Gasteiger partial charge in [0.2, 0.25) is 11.1 Å². The molecule has 130 valence electrons. The van der Waals surface area contributed by atoms with Crippen molar-refractivity contribution in [3.8, 4) is 0 Å². The second-order valence-corrected chi connectivity index (χ2v) is 6.91. The molecule has 1 aromatic carbocycles. The number of nitrogens with zero attached hydrogens (tertiary/aromatic N) is 4. The number of nitrogens with one attached hydrogen (secondary N) is 1. The lowest BCUT2D eigenvalue weighted by atomic mass is 10.1. The Hall–Kier alpha value is -2.61. The third kappa shape index (κ3) is 4.48. The normalized spacial score (nSPS) is 13.4. The summed E-state index contributed by atoms with van der Waals surface area (Å²) in [7, 11) is 0. The molecule has 2 heterocycles. The van der Waals surface area contributed by atoms with Crippen LogP contribution in [0.5, 0.6) is 0 Å². The van der Waals surface area contributed by atoms with E-state index in [1.165, 1.54) is 11.8 Å². The van der Waals surface area contributed by atoms with Gasteiger partial charge >= 0.3 is 0 Å². The van der Waals surface area contributed by atoms with E-state index in [0.717, 1.165) is 11.3 Å². The van der Waals surface area contributed by atoms with Crippen molar-refractivity contribution in [2.75, 3.05) is 0 Å².